The first-order valence-electron chi connectivity index (χ1n) is 42.7. The molecular formula is C91H130N12O21. The summed E-state index contributed by atoms with van der Waals surface area (Å²) >= 11 is 0. The number of ketones is 2. The fourth-order valence-corrected chi connectivity index (χ4v) is 14.9. The number of aliphatic carboxylic acids is 1. The second-order valence-corrected chi connectivity index (χ2v) is 37.7. The van der Waals surface area contributed by atoms with Crippen LogP contribution in [0.5, 0.6) is 0 Å². The highest BCUT2D eigenvalue weighted by molar-refractivity contribution is 6.22. The largest absolute Gasteiger partial charge is 0.480 e. The second-order valence-electron chi connectivity index (χ2n) is 37.7. The van der Waals surface area contributed by atoms with Gasteiger partial charge in [-0.05, 0) is 193 Å². The summed E-state index contributed by atoms with van der Waals surface area (Å²) in [6.45, 7) is 30.6. The van der Waals surface area contributed by atoms with Crippen molar-refractivity contribution >= 4 is 99.8 Å². The van der Waals surface area contributed by atoms with Gasteiger partial charge in [0.25, 0.3) is 0 Å². The molecule has 2 heterocycles. The normalized spacial score (nSPS) is 16.4. The third-order valence-corrected chi connectivity index (χ3v) is 20.6. The Morgan fingerprint density at radius 2 is 1.04 bits per heavy atom. The van der Waals surface area contributed by atoms with Gasteiger partial charge in [0.2, 0.25) is 53.2 Å². The number of esters is 1. The van der Waals surface area contributed by atoms with Crippen molar-refractivity contribution in [3.05, 3.63) is 107 Å². The molecule has 7 rings (SSSR count). The molecule has 1 saturated carbocycles. The van der Waals surface area contributed by atoms with E-state index in [9.17, 15) is 62.6 Å². The standard InChI is InChI=1S/C91H130N12O21/c1-52(2)41-64(79(111)96-63(37-38-75(108)123-89(12,13)14)77(109)94-46-73(106)93-47-74(107)102-40-28-36-70(102)83(115)100-67(50-121-87(6,7)8)82(114)101-68(84(116)117)51-122-88(9,10)11)97-80(112)65(42-53(3)4)98-81(113)66(43-55-48-103(86(119)124-90(15,16)17)69-35-25-24-29-56(55)69)99-78(110)62(95-54(5)76-71(104)44-91(18,19)45-72(76)105)34-26-27-39-92-85(118)120-49-61-59-32-22-20-30-57(59)58-31-21-23-33-60(58)61/h20-25,29-33,35,48,52-53,61-68,70,95H,26-28,34,36-47,49-51H2,1-19H3,(H,92,118)(H,93,106)(H,94,109)(H,96,111)(H,97,112)(H,98,113)(H,99,110)(H,100,115)(H,101,114)(H,116,117)/t62-,63-,64-,65-,66-,67-,68-,70-/m0/s1. The van der Waals surface area contributed by atoms with Crippen LogP contribution in [0.1, 0.15) is 225 Å². The first-order chi connectivity index (χ1) is 57.9. The Kier molecular flexibility index (Phi) is 35.5. The summed E-state index contributed by atoms with van der Waals surface area (Å²) in [6.07, 6.45) is 0.0834. The quantitative estimate of drug-likeness (QED) is 0.00662. The number of Topliss-reactive ketones (excluding diaryl/α,β-unsaturated/α-hetero) is 2. The lowest BCUT2D eigenvalue weighted by Gasteiger charge is -2.31. The maximum atomic E-state index is 15.6. The van der Waals surface area contributed by atoms with E-state index in [0.717, 1.165) is 22.3 Å². The molecule has 10 amide bonds. The number of ether oxygens (including phenoxy) is 5. The van der Waals surface area contributed by atoms with Crippen LogP contribution >= 0.6 is 0 Å². The molecule has 0 spiro atoms. The number of alkyl carbamates (subject to hydrolysis) is 1. The number of likely N-dealkylation sites (tertiary alicyclic amines) is 1. The first-order valence-corrected chi connectivity index (χ1v) is 42.7. The number of hydrogen-bond donors (Lipinski definition) is 11. The molecule has 3 aliphatic rings. The second kappa shape index (κ2) is 44.0. The van der Waals surface area contributed by atoms with Crippen LogP contribution in [0.15, 0.2) is 90.3 Å². The maximum Gasteiger partial charge on any atom is 0.419 e. The lowest BCUT2D eigenvalue weighted by atomic mass is 9.73. The van der Waals surface area contributed by atoms with Gasteiger partial charge in [0, 0.05) is 62.0 Å². The number of hydrogen-bond acceptors (Lipinski definition) is 21. The Morgan fingerprint density at radius 1 is 0.540 bits per heavy atom. The van der Waals surface area contributed by atoms with Gasteiger partial charge in [-0.2, -0.15) is 0 Å². The predicted molar refractivity (Wildman–Crippen MR) is 462 cm³/mol. The molecule has 124 heavy (non-hydrogen) atoms. The summed E-state index contributed by atoms with van der Waals surface area (Å²) in [5.41, 5.74) is 0.954. The van der Waals surface area contributed by atoms with Crippen molar-refractivity contribution in [2.24, 2.45) is 17.3 Å². The fraction of sp³-hybridized carbons (Fsp3) is 0.593. The smallest absolute Gasteiger partial charge is 0.419 e. The molecule has 680 valence electrons. The number of fused-ring (bicyclic) bond motifs is 4. The van der Waals surface area contributed by atoms with Crippen LogP contribution in [0.3, 0.4) is 0 Å². The predicted octanol–water partition coefficient (Wildman–Crippen LogP) is 7.93. The minimum Gasteiger partial charge on any atom is -0.480 e. The number of carbonyl (C=O) groups excluding carboxylic acids is 14. The number of amides is 10. The maximum absolute atomic E-state index is 15.6. The van der Waals surface area contributed by atoms with Crippen molar-refractivity contribution < 1.29 is 101 Å². The lowest BCUT2D eigenvalue weighted by molar-refractivity contribution is -0.155. The van der Waals surface area contributed by atoms with Crippen LogP contribution in [0, 0.1) is 17.3 Å². The van der Waals surface area contributed by atoms with E-state index in [-0.39, 0.29) is 120 Å². The van der Waals surface area contributed by atoms with Gasteiger partial charge in [0.05, 0.1) is 48.6 Å². The van der Waals surface area contributed by atoms with E-state index in [0.29, 0.717) is 29.3 Å². The molecule has 4 aromatic rings. The zero-order valence-corrected chi connectivity index (χ0v) is 75.3. The van der Waals surface area contributed by atoms with E-state index in [1.807, 2.05) is 62.4 Å². The van der Waals surface area contributed by atoms with E-state index >= 15 is 14.4 Å². The minimum atomic E-state index is -1.58. The number of benzene rings is 3. The molecule has 0 bridgehead atoms. The highest BCUT2D eigenvalue weighted by Crippen LogP contribution is 2.45. The van der Waals surface area contributed by atoms with E-state index in [1.54, 1.807) is 135 Å². The van der Waals surface area contributed by atoms with E-state index in [2.05, 4.69) is 53.2 Å². The Balaban J connectivity index is 1.09. The van der Waals surface area contributed by atoms with Gasteiger partial charge in [-0.3, -0.25) is 62.1 Å². The molecule has 1 aromatic heterocycles. The monoisotopic (exact) mass is 1730 g/mol. The summed E-state index contributed by atoms with van der Waals surface area (Å²) in [5.74, 6) is -11.4. The van der Waals surface area contributed by atoms with Gasteiger partial charge in [-0.25, -0.2) is 14.4 Å². The third kappa shape index (κ3) is 31.0. The van der Waals surface area contributed by atoms with E-state index in [1.165, 1.54) is 22.6 Å². The molecule has 8 atom stereocenters. The number of para-hydroxylation sites is 1. The number of carbonyl (C=O) groups is 15. The molecule has 3 aromatic carbocycles. The van der Waals surface area contributed by atoms with Gasteiger partial charge < -0.3 is 86.9 Å². The summed E-state index contributed by atoms with van der Waals surface area (Å²) < 4.78 is 29.9. The van der Waals surface area contributed by atoms with Crippen LogP contribution in [-0.2, 0) is 92.4 Å². The van der Waals surface area contributed by atoms with Gasteiger partial charge >= 0.3 is 24.1 Å². The highest BCUT2D eigenvalue weighted by Gasteiger charge is 2.42. The average molecular weight is 1730 g/mol. The van der Waals surface area contributed by atoms with Crippen molar-refractivity contribution in [1.82, 2.24) is 62.6 Å². The van der Waals surface area contributed by atoms with Crippen LogP contribution in [0.4, 0.5) is 9.59 Å². The van der Waals surface area contributed by atoms with Gasteiger partial charge in [-0.15, -0.1) is 0 Å². The third-order valence-electron chi connectivity index (χ3n) is 20.6. The number of nitrogens with one attached hydrogen (secondary N) is 10. The Morgan fingerprint density at radius 3 is 1.60 bits per heavy atom. The summed E-state index contributed by atoms with van der Waals surface area (Å²) in [4.78, 5) is 212. The zero-order valence-electron chi connectivity index (χ0n) is 75.3. The molecule has 2 aliphatic carbocycles. The van der Waals surface area contributed by atoms with Crippen LogP contribution in [-0.4, -0.2) is 220 Å². The molecule has 2 fully saturated rings. The zero-order chi connectivity index (χ0) is 92.1. The molecule has 1 aliphatic heterocycles. The van der Waals surface area contributed by atoms with Crippen LogP contribution < -0.4 is 53.2 Å². The van der Waals surface area contributed by atoms with Crippen LogP contribution in [0.25, 0.3) is 22.0 Å². The van der Waals surface area contributed by atoms with E-state index in [4.69, 9.17) is 23.7 Å². The number of aromatic nitrogens is 1. The molecule has 33 nitrogen and oxygen atoms in total. The Hall–Kier alpha value is -11.1. The van der Waals surface area contributed by atoms with Crippen LogP contribution in [0.2, 0.25) is 0 Å². The Bertz CT molecular complexity index is 4510. The number of unbranched alkanes of at least 4 members (excludes halogenated alkanes) is 1. The molecule has 11 N–H and O–H groups in total. The van der Waals surface area contributed by atoms with Gasteiger partial charge in [-0.1, -0.05) is 108 Å². The van der Waals surface area contributed by atoms with Crippen molar-refractivity contribution in [2.75, 3.05) is 46.0 Å². The molecule has 0 radical (unpaired) electrons. The molecular weight excluding hydrogens is 1600 g/mol. The lowest BCUT2D eigenvalue weighted by Crippen LogP contribution is -2.59. The topological polar surface area (TPSA) is 451 Å². The molecule has 1 saturated heterocycles. The van der Waals surface area contributed by atoms with Crippen molar-refractivity contribution in [1.29, 1.82) is 0 Å². The van der Waals surface area contributed by atoms with Crippen molar-refractivity contribution in [2.45, 2.75) is 285 Å². The van der Waals surface area contributed by atoms with E-state index < -0.39 is 185 Å². The fourth-order valence-electron chi connectivity index (χ4n) is 14.9. The van der Waals surface area contributed by atoms with Gasteiger partial charge in [0.15, 0.2) is 17.6 Å². The van der Waals surface area contributed by atoms with Gasteiger partial charge in [0.1, 0.15) is 60.1 Å². The molecule has 0 unspecified atom stereocenters. The summed E-state index contributed by atoms with van der Waals surface area (Å²) in [6, 6.07) is 11.4. The first kappa shape index (κ1) is 100. The summed E-state index contributed by atoms with van der Waals surface area (Å²) in [7, 11) is 0. The number of allylic oxidation sites excluding steroid dienone is 2. The highest BCUT2D eigenvalue weighted by atomic mass is 16.6. The minimum absolute atomic E-state index is 0.0200. The number of carboxylic acid groups (broad SMARTS) is 1. The number of nitrogens with zero attached hydrogens (tertiary/aromatic N) is 2. The summed E-state index contributed by atoms with van der Waals surface area (Å²) in [5, 5.41) is 37.5. The van der Waals surface area contributed by atoms with Crippen molar-refractivity contribution in [3.63, 3.8) is 0 Å². The number of carboxylic acids is 1. The molecule has 33 heteroatoms. The Labute approximate surface area is 726 Å². The SMILES string of the molecule is CC(N[C@@H](CCCCNC(=O)OCC1c2ccccc2-c2ccccc21)C(=O)N[C@@H](Cc1cn(C(=O)OC(C)(C)C)c2ccccc12)C(=O)N[C@@H](CC(C)C)C(=O)N[C@@H](CC(C)C)C(=O)N[C@@H](CCC(=O)OC(C)(C)C)C(=O)NCC(=O)NCC(=O)N1CCC[C@H]1C(=O)N[C@@H](COC(C)(C)C)C(=O)N[C@@H](COC(C)(C)C)C(=O)O)=C1C(=O)CC(C)(C)CC1=O. The van der Waals surface area contributed by atoms with Crippen molar-refractivity contribution in [3.8, 4) is 11.1 Å². The number of rotatable bonds is 40. The average Bonchev–Trinajstić information content (AvgIpc) is 1.60.